The van der Waals surface area contributed by atoms with Gasteiger partial charge in [-0.1, -0.05) is 17.7 Å². The van der Waals surface area contributed by atoms with Crippen LogP contribution in [0.4, 0.5) is 0 Å². The van der Waals surface area contributed by atoms with Gasteiger partial charge in [0.15, 0.2) is 5.76 Å². The van der Waals surface area contributed by atoms with Gasteiger partial charge in [-0.25, -0.2) is 0 Å². The average molecular weight is 315 g/mol. The Morgan fingerprint density at radius 3 is 2.39 bits per heavy atom. The number of furan rings is 1. The van der Waals surface area contributed by atoms with Crippen LogP contribution in [0, 0.1) is 6.92 Å². The topological polar surface area (TPSA) is 51.9 Å². The molecule has 0 unspecified atom stereocenters. The molecule has 1 fully saturated rings. The molecule has 2 atom stereocenters. The molecule has 5 heteroatoms. The maximum absolute atomic E-state index is 12.5. The number of hydrogen-bond acceptors (Lipinski definition) is 4. The summed E-state index contributed by atoms with van der Waals surface area (Å²) in [6, 6.07) is 11.0. The Labute approximate surface area is 135 Å². The van der Waals surface area contributed by atoms with Gasteiger partial charge in [0.1, 0.15) is 5.75 Å². The molecule has 0 radical (unpaired) electrons. The Morgan fingerprint density at radius 1 is 1.09 bits per heavy atom. The van der Waals surface area contributed by atoms with Gasteiger partial charge in [0.25, 0.3) is 11.9 Å². The van der Waals surface area contributed by atoms with Gasteiger partial charge in [-0.2, -0.15) is 0 Å². The van der Waals surface area contributed by atoms with E-state index >= 15 is 0 Å². The molecule has 23 heavy (non-hydrogen) atoms. The minimum absolute atomic E-state index is 0.0286. The first kappa shape index (κ1) is 15.6. The lowest BCUT2D eigenvalue weighted by Gasteiger charge is -2.34. The van der Waals surface area contributed by atoms with Crippen molar-refractivity contribution in [2.24, 2.45) is 0 Å². The molecular weight excluding hydrogens is 294 g/mol. The van der Waals surface area contributed by atoms with Crippen LogP contribution in [0.3, 0.4) is 0 Å². The van der Waals surface area contributed by atoms with Gasteiger partial charge in [-0.3, -0.25) is 4.79 Å². The Morgan fingerprint density at radius 2 is 1.74 bits per heavy atom. The molecule has 0 bridgehead atoms. The van der Waals surface area contributed by atoms with Crippen LogP contribution in [0.1, 0.15) is 30.0 Å². The Kier molecular flexibility index (Phi) is 4.39. The van der Waals surface area contributed by atoms with Crippen LogP contribution in [0.25, 0.3) is 0 Å². The van der Waals surface area contributed by atoms with Crippen LogP contribution in [-0.4, -0.2) is 36.1 Å². The van der Waals surface area contributed by atoms with Crippen molar-refractivity contribution in [2.45, 2.75) is 33.0 Å². The zero-order chi connectivity index (χ0) is 16.4. The third-order valence-corrected chi connectivity index (χ3v) is 3.74. The third-order valence-electron chi connectivity index (χ3n) is 3.74. The fraction of sp³-hybridized carbons (Fsp3) is 0.389. The van der Waals surface area contributed by atoms with Crippen molar-refractivity contribution < 1.29 is 18.7 Å². The van der Waals surface area contributed by atoms with Crippen molar-refractivity contribution in [3.05, 3.63) is 47.7 Å². The molecule has 0 spiro atoms. The molecule has 1 aliphatic heterocycles. The maximum Gasteiger partial charge on any atom is 0.290 e. The number of rotatable bonds is 3. The molecule has 1 aromatic carbocycles. The predicted molar refractivity (Wildman–Crippen MR) is 85.9 cm³/mol. The van der Waals surface area contributed by atoms with Crippen molar-refractivity contribution in [3.63, 3.8) is 0 Å². The standard InChI is InChI=1S/C18H21NO4/c1-12-4-6-15(7-5-12)22-17-9-8-16(23-17)18(20)19-10-13(2)21-14(3)11-19/h4-9,13-14H,10-11H2,1-3H3/t13-,14+. The predicted octanol–water partition coefficient (Wildman–Crippen LogP) is 3.63. The fourth-order valence-electron chi connectivity index (χ4n) is 2.71. The maximum atomic E-state index is 12.5. The Balaban J connectivity index is 1.68. The van der Waals surface area contributed by atoms with E-state index in [4.69, 9.17) is 13.9 Å². The number of hydrogen-bond donors (Lipinski definition) is 0. The molecule has 5 nitrogen and oxygen atoms in total. The quantitative estimate of drug-likeness (QED) is 0.868. The number of aryl methyl sites for hydroxylation is 1. The highest BCUT2D eigenvalue weighted by Gasteiger charge is 2.28. The largest absolute Gasteiger partial charge is 0.426 e. The number of carbonyl (C=O) groups is 1. The van der Waals surface area contributed by atoms with E-state index in [1.165, 1.54) is 0 Å². The summed E-state index contributed by atoms with van der Waals surface area (Å²) >= 11 is 0. The van der Waals surface area contributed by atoms with Gasteiger partial charge in [0.05, 0.1) is 12.2 Å². The molecule has 2 heterocycles. The molecule has 1 aromatic heterocycles. The summed E-state index contributed by atoms with van der Waals surface area (Å²) in [7, 11) is 0. The molecule has 1 saturated heterocycles. The number of carbonyl (C=O) groups excluding carboxylic acids is 1. The first-order valence-corrected chi connectivity index (χ1v) is 7.80. The van der Waals surface area contributed by atoms with E-state index < -0.39 is 0 Å². The highest BCUT2D eigenvalue weighted by molar-refractivity contribution is 5.91. The van der Waals surface area contributed by atoms with Crippen molar-refractivity contribution in [3.8, 4) is 11.7 Å². The van der Waals surface area contributed by atoms with Gasteiger partial charge in [-0.05, 0) is 39.0 Å². The Hall–Kier alpha value is -2.27. The molecule has 3 rings (SSSR count). The van der Waals surface area contributed by atoms with E-state index in [2.05, 4.69) is 0 Å². The van der Waals surface area contributed by atoms with E-state index in [1.807, 2.05) is 45.0 Å². The number of ether oxygens (including phenoxy) is 2. The lowest BCUT2D eigenvalue weighted by molar-refractivity contribution is -0.0592. The Bertz CT molecular complexity index is 667. The zero-order valence-electron chi connectivity index (χ0n) is 13.6. The number of benzene rings is 1. The smallest absolute Gasteiger partial charge is 0.290 e. The molecule has 0 N–H and O–H groups in total. The second kappa shape index (κ2) is 6.46. The van der Waals surface area contributed by atoms with Crippen LogP contribution >= 0.6 is 0 Å². The van der Waals surface area contributed by atoms with Crippen molar-refractivity contribution in [2.75, 3.05) is 13.1 Å². The van der Waals surface area contributed by atoms with Gasteiger partial charge in [0.2, 0.25) is 0 Å². The normalized spacial score (nSPS) is 21.3. The molecule has 2 aromatic rings. The minimum Gasteiger partial charge on any atom is -0.426 e. The van der Waals surface area contributed by atoms with E-state index in [-0.39, 0.29) is 23.9 Å². The summed E-state index contributed by atoms with van der Waals surface area (Å²) in [4.78, 5) is 14.3. The molecule has 1 aliphatic rings. The lowest BCUT2D eigenvalue weighted by Crippen LogP contribution is -2.48. The molecular formula is C18H21NO4. The van der Waals surface area contributed by atoms with Crippen molar-refractivity contribution >= 4 is 5.91 Å². The summed E-state index contributed by atoms with van der Waals surface area (Å²) in [6.45, 7) is 7.07. The summed E-state index contributed by atoms with van der Waals surface area (Å²) in [5, 5.41) is 0. The number of morpholine rings is 1. The van der Waals surface area contributed by atoms with E-state index in [9.17, 15) is 4.79 Å². The van der Waals surface area contributed by atoms with Crippen LogP contribution < -0.4 is 4.74 Å². The zero-order valence-corrected chi connectivity index (χ0v) is 13.6. The fourth-order valence-corrected chi connectivity index (χ4v) is 2.71. The van der Waals surface area contributed by atoms with Crippen LogP contribution in [-0.2, 0) is 4.74 Å². The number of amides is 1. The van der Waals surface area contributed by atoms with Crippen molar-refractivity contribution in [1.82, 2.24) is 4.90 Å². The van der Waals surface area contributed by atoms with Crippen LogP contribution in [0.2, 0.25) is 0 Å². The molecule has 1 amide bonds. The van der Waals surface area contributed by atoms with E-state index in [0.29, 0.717) is 24.8 Å². The summed E-state index contributed by atoms with van der Waals surface area (Å²) in [6.07, 6.45) is 0.0573. The first-order chi connectivity index (χ1) is 11.0. The van der Waals surface area contributed by atoms with Crippen LogP contribution in [0.15, 0.2) is 40.8 Å². The van der Waals surface area contributed by atoms with Gasteiger partial charge in [0, 0.05) is 19.2 Å². The van der Waals surface area contributed by atoms with E-state index in [1.54, 1.807) is 17.0 Å². The van der Waals surface area contributed by atoms with Crippen LogP contribution in [0.5, 0.6) is 11.7 Å². The molecule has 122 valence electrons. The second-order valence-electron chi connectivity index (χ2n) is 6.00. The SMILES string of the molecule is Cc1ccc(Oc2ccc(C(=O)N3C[C@@H](C)O[C@@H](C)C3)o2)cc1. The second-order valence-corrected chi connectivity index (χ2v) is 6.00. The monoisotopic (exact) mass is 315 g/mol. The minimum atomic E-state index is -0.134. The summed E-state index contributed by atoms with van der Waals surface area (Å²) in [5.74, 6) is 1.14. The highest BCUT2D eigenvalue weighted by Crippen LogP contribution is 2.25. The summed E-state index contributed by atoms with van der Waals surface area (Å²) in [5.41, 5.74) is 1.16. The third kappa shape index (κ3) is 3.74. The van der Waals surface area contributed by atoms with Crippen molar-refractivity contribution in [1.29, 1.82) is 0 Å². The van der Waals surface area contributed by atoms with E-state index in [0.717, 1.165) is 5.56 Å². The average Bonchev–Trinajstić information content (AvgIpc) is 2.96. The number of nitrogens with zero attached hydrogens (tertiary/aromatic N) is 1. The van der Waals surface area contributed by atoms with Gasteiger partial charge >= 0.3 is 0 Å². The van der Waals surface area contributed by atoms with Gasteiger partial charge in [-0.15, -0.1) is 0 Å². The van der Waals surface area contributed by atoms with Gasteiger partial charge < -0.3 is 18.8 Å². The highest BCUT2D eigenvalue weighted by atomic mass is 16.6. The lowest BCUT2D eigenvalue weighted by atomic mass is 10.2. The molecule has 0 aliphatic carbocycles. The summed E-state index contributed by atoms with van der Waals surface area (Å²) < 4.78 is 16.8. The first-order valence-electron chi connectivity index (χ1n) is 7.80. The molecule has 0 saturated carbocycles.